The van der Waals surface area contributed by atoms with Gasteiger partial charge in [0, 0.05) is 6.54 Å². The first-order valence-electron chi connectivity index (χ1n) is 8.70. The lowest BCUT2D eigenvalue weighted by molar-refractivity contribution is -0.151. The van der Waals surface area contributed by atoms with Gasteiger partial charge in [-0.2, -0.15) is 0 Å². The Bertz CT molecular complexity index is 309. The molecule has 4 heteroatoms. The second kappa shape index (κ2) is 9.42. The third kappa shape index (κ3) is 5.95. The summed E-state index contributed by atoms with van der Waals surface area (Å²) in [5.74, 6) is 0.772. The third-order valence-electron chi connectivity index (χ3n) is 4.74. The van der Waals surface area contributed by atoms with Crippen LogP contribution in [0.1, 0.15) is 59.8 Å². The van der Waals surface area contributed by atoms with Crippen molar-refractivity contribution >= 4 is 5.97 Å². The molecule has 1 fully saturated rings. The SMILES string of the molecule is CCNC(C)(CCN1CCCC(CC)CC1)C(=O)OCC. The molecule has 1 N–H and O–H groups in total. The molecule has 2 atom stereocenters. The average Bonchev–Trinajstić information content (AvgIpc) is 2.71. The number of ether oxygens (including phenoxy) is 1. The van der Waals surface area contributed by atoms with Gasteiger partial charge in [-0.25, -0.2) is 0 Å². The summed E-state index contributed by atoms with van der Waals surface area (Å²) in [6.45, 7) is 12.7. The Labute approximate surface area is 130 Å². The first-order chi connectivity index (χ1) is 10.1. The molecule has 1 heterocycles. The molecule has 124 valence electrons. The van der Waals surface area contributed by atoms with E-state index in [0.717, 1.165) is 25.4 Å². The normalized spacial score (nSPS) is 23.3. The molecule has 0 aromatic heterocycles. The second-order valence-electron chi connectivity index (χ2n) is 6.38. The van der Waals surface area contributed by atoms with Crippen LogP contribution >= 0.6 is 0 Å². The lowest BCUT2D eigenvalue weighted by Gasteiger charge is -2.31. The summed E-state index contributed by atoms with van der Waals surface area (Å²) in [4.78, 5) is 14.7. The number of hydrogen-bond acceptors (Lipinski definition) is 4. The summed E-state index contributed by atoms with van der Waals surface area (Å²) in [6, 6.07) is 0. The van der Waals surface area contributed by atoms with Crippen molar-refractivity contribution in [2.45, 2.75) is 65.3 Å². The highest BCUT2D eigenvalue weighted by Gasteiger charge is 2.34. The quantitative estimate of drug-likeness (QED) is 0.700. The van der Waals surface area contributed by atoms with Crippen molar-refractivity contribution in [2.75, 3.05) is 32.8 Å². The van der Waals surface area contributed by atoms with Crippen LogP contribution in [0.25, 0.3) is 0 Å². The maximum atomic E-state index is 12.2. The molecule has 1 saturated heterocycles. The zero-order valence-electron chi connectivity index (χ0n) is 14.4. The monoisotopic (exact) mass is 298 g/mol. The number of carbonyl (C=O) groups excluding carboxylic acids is 1. The number of hydrogen-bond donors (Lipinski definition) is 1. The van der Waals surface area contributed by atoms with Gasteiger partial charge < -0.3 is 15.0 Å². The minimum absolute atomic E-state index is 0.117. The van der Waals surface area contributed by atoms with E-state index in [1.54, 1.807) is 0 Å². The molecule has 1 aliphatic rings. The summed E-state index contributed by atoms with van der Waals surface area (Å²) < 4.78 is 5.24. The van der Waals surface area contributed by atoms with Crippen LogP contribution in [0.2, 0.25) is 0 Å². The number of carbonyl (C=O) groups is 1. The maximum Gasteiger partial charge on any atom is 0.326 e. The molecule has 0 aromatic carbocycles. The first-order valence-corrected chi connectivity index (χ1v) is 8.70. The number of likely N-dealkylation sites (tertiary alicyclic amines) is 1. The molecule has 2 unspecified atom stereocenters. The van der Waals surface area contributed by atoms with Crippen LogP contribution in [-0.4, -0.2) is 49.2 Å². The highest BCUT2D eigenvalue weighted by atomic mass is 16.5. The van der Waals surface area contributed by atoms with Crippen molar-refractivity contribution in [1.29, 1.82) is 0 Å². The summed E-state index contributed by atoms with van der Waals surface area (Å²) >= 11 is 0. The van der Waals surface area contributed by atoms with E-state index in [2.05, 4.69) is 17.1 Å². The second-order valence-corrected chi connectivity index (χ2v) is 6.38. The number of esters is 1. The molecule has 0 aromatic rings. The zero-order chi connectivity index (χ0) is 15.7. The van der Waals surface area contributed by atoms with E-state index in [9.17, 15) is 4.79 Å². The molecule has 0 radical (unpaired) electrons. The van der Waals surface area contributed by atoms with Gasteiger partial charge in [0.15, 0.2) is 0 Å². The molecule has 4 nitrogen and oxygen atoms in total. The number of nitrogens with one attached hydrogen (secondary N) is 1. The average molecular weight is 298 g/mol. The van der Waals surface area contributed by atoms with Crippen LogP contribution in [0.4, 0.5) is 0 Å². The van der Waals surface area contributed by atoms with E-state index in [1.807, 2.05) is 20.8 Å². The standard InChI is InChI=1S/C17H34N2O2/c1-5-15-9-8-12-19(13-10-15)14-11-17(4,18-6-2)16(20)21-7-3/h15,18H,5-14H2,1-4H3. The van der Waals surface area contributed by atoms with Gasteiger partial charge in [0.05, 0.1) is 6.61 Å². The van der Waals surface area contributed by atoms with Crippen molar-refractivity contribution in [3.8, 4) is 0 Å². The van der Waals surface area contributed by atoms with Crippen molar-refractivity contribution in [3.05, 3.63) is 0 Å². The van der Waals surface area contributed by atoms with E-state index < -0.39 is 5.54 Å². The molecule has 0 amide bonds. The van der Waals surface area contributed by atoms with Gasteiger partial charge in [0.2, 0.25) is 0 Å². The Kier molecular flexibility index (Phi) is 8.27. The fraction of sp³-hybridized carbons (Fsp3) is 0.941. The lowest BCUT2D eigenvalue weighted by Crippen LogP contribution is -2.52. The molecular formula is C17H34N2O2. The molecular weight excluding hydrogens is 264 g/mol. The van der Waals surface area contributed by atoms with E-state index in [0.29, 0.717) is 6.61 Å². The van der Waals surface area contributed by atoms with Crippen LogP contribution in [0, 0.1) is 5.92 Å². The summed E-state index contributed by atoms with van der Waals surface area (Å²) in [6.07, 6.45) is 6.06. The summed E-state index contributed by atoms with van der Waals surface area (Å²) in [5.41, 5.74) is -0.554. The van der Waals surface area contributed by atoms with Gasteiger partial charge in [0.25, 0.3) is 0 Å². The van der Waals surface area contributed by atoms with Gasteiger partial charge in [-0.05, 0) is 65.1 Å². The predicted octanol–water partition coefficient (Wildman–Crippen LogP) is 2.82. The van der Waals surface area contributed by atoms with E-state index in [-0.39, 0.29) is 5.97 Å². The molecule has 0 bridgehead atoms. The number of nitrogens with zero attached hydrogens (tertiary/aromatic N) is 1. The number of rotatable bonds is 8. The van der Waals surface area contributed by atoms with E-state index >= 15 is 0 Å². The molecule has 0 spiro atoms. The zero-order valence-corrected chi connectivity index (χ0v) is 14.4. The molecule has 0 saturated carbocycles. The minimum Gasteiger partial charge on any atom is -0.465 e. The highest BCUT2D eigenvalue weighted by Crippen LogP contribution is 2.21. The summed E-state index contributed by atoms with van der Waals surface area (Å²) in [7, 11) is 0. The van der Waals surface area contributed by atoms with Crippen LogP contribution < -0.4 is 5.32 Å². The first kappa shape index (κ1) is 18.4. The van der Waals surface area contributed by atoms with Crippen LogP contribution in [0.15, 0.2) is 0 Å². The summed E-state index contributed by atoms with van der Waals surface area (Å²) in [5, 5.41) is 3.32. The Morgan fingerprint density at radius 2 is 2.05 bits per heavy atom. The van der Waals surface area contributed by atoms with Gasteiger partial charge in [-0.3, -0.25) is 4.79 Å². The topological polar surface area (TPSA) is 41.6 Å². The Morgan fingerprint density at radius 1 is 1.29 bits per heavy atom. The van der Waals surface area contributed by atoms with Crippen LogP contribution in [-0.2, 0) is 9.53 Å². The Hall–Kier alpha value is -0.610. The van der Waals surface area contributed by atoms with Gasteiger partial charge >= 0.3 is 5.97 Å². The third-order valence-corrected chi connectivity index (χ3v) is 4.74. The largest absolute Gasteiger partial charge is 0.465 e. The Balaban J connectivity index is 2.50. The fourth-order valence-corrected chi connectivity index (χ4v) is 3.18. The van der Waals surface area contributed by atoms with Crippen molar-refractivity contribution in [2.24, 2.45) is 5.92 Å². The van der Waals surface area contributed by atoms with Gasteiger partial charge in [-0.15, -0.1) is 0 Å². The minimum atomic E-state index is -0.554. The van der Waals surface area contributed by atoms with Crippen molar-refractivity contribution < 1.29 is 9.53 Å². The molecule has 21 heavy (non-hydrogen) atoms. The molecule has 1 aliphatic heterocycles. The van der Waals surface area contributed by atoms with Crippen molar-refractivity contribution in [3.63, 3.8) is 0 Å². The van der Waals surface area contributed by atoms with Crippen LogP contribution in [0.3, 0.4) is 0 Å². The molecule has 0 aliphatic carbocycles. The highest BCUT2D eigenvalue weighted by molar-refractivity contribution is 5.80. The number of likely N-dealkylation sites (N-methyl/N-ethyl adjacent to an activating group) is 1. The smallest absolute Gasteiger partial charge is 0.326 e. The fourth-order valence-electron chi connectivity index (χ4n) is 3.18. The van der Waals surface area contributed by atoms with Gasteiger partial charge in [-0.1, -0.05) is 20.3 Å². The van der Waals surface area contributed by atoms with Crippen molar-refractivity contribution in [1.82, 2.24) is 10.2 Å². The van der Waals surface area contributed by atoms with E-state index in [1.165, 1.54) is 38.8 Å². The molecule has 1 rings (SSSR count). The Morgan fingerprint density at radius 3 is 2.67 bits per heavy atom. The van der Waals surface area contributed by atoms with Gasteiger partial charge in [0.1, 0.15) is 5.54 Å². The predicted molar refractivity (Wildman–Crippen MR) is 87.4 cm³/mol. The maximum absolute atomic E-state index is 12.2. The lowest BCUT2D eigenvalue weighted by atomic mass is 9.97. The van der Waals surface area contributed by atoms with E-state index in [4.69, 9.17) is 4.74 Å². The van der Waals surface area contributed by atoms with Crippen LogP contribution in [0.5, 0.6) is 0 Å².